The van der Waals surface area contributed by atoms with Crippen LogP contribution in [0.4, 0.5) is 0 Å². The third-order valence-electron chi connectivity index (χ3n) is 2.46. The van der Waals surface area contributed by atoms with Crippen LogP contribution in [0.3, 0.4) is 0 Å². The molecule has 0 aliphatic heterocycles. The summed E-state index contributed by atoms with van der Waals surface area (Å²) >= 11 is 0. The van der Waals surface area contributed by atoms with Crippen LogP contribution in [0.2, 0.25) is 0 Å². The Labute approximate surface area is 118 Å². The minimum atomic E-state index is -3.72. The number of nitrogens with zero attached hydrogens (tertiary/aromatic N) is 1. The molecule has 0 saturated carbocycles. The summed E-state index contributed by atoms with van der Waals surface area (Å²) in [5.41, 5.74) is 0.251. The second-order valence-electron chi connectivity index (χ2n) is 3.71. The van der Waals surface area contributed by atoms with Crippen molar-refractivity contribution in [3.05, 3.63) is 29.8 Å². The fourth-order valence-electron chi connectivity index (χ4n) is 1.30. The Morgan fingerprint density at radius 1 is 1.35 bits per heavy atom. The van der Waals surface area contributed by atoms with Gasteiger partial charge in [0.2, 0.25) is 0 Å². The van der Waals surface area contributed by atoms with E-state index < -0.39 is 16.0 Å². The summed E-state index contributed by atoms with van der Waals surface area (Å²) in [5.74, 6) is 1.79. The van der Waals surface area contributed by atoms with E-state index in [1.165, 1.54) is 38.4 Å². The average Bonchev–Trinajstić information content (AvgIpc) is 2.46. The topological polar surface area (TPSA) is 72.9 Å². The number of terminal acetylenes is 1. The summed E-state index contributed by atoms with van der Waals surface area (Å²) in [4.78, 5) is 16.3. The van der Waals surface area contributed by atoms with E-state index in [1.54, 1.807) is 0 Å². The molecule has 0 spiro atoms. The molecule has 0 saturated heterocycles. The van der Waals surface area contributed by atoms with Crippen molar-refractivity contribution >= 4 is 16.0 Å². The molecular weight excluding hydrogens is 282 g/mol. The molecule has 0 aliphatic carbocycles. The average molecular weight is 297 g/mol. The van der Waals surface area contributed by atoms with Crippen LogP contribution in [0.1, 0.15) is 16.8 Å². The van der Waals surface area contributed by atoms with Gasteiger partial charge in [-0.05, 0) is 24.3 Å². The van der Waals surface area contributed by atoms with Crippen molar-refractivity contribution in [1.82, 2.24) is 4.47 Å². The van der Waals surface area contributed by atoms with Crippen molar-refractivity contribution in [2.75, 3.05) is 20.8 Å². The molecule has 0 N–H and O–H groups in total. The zero-order chi connectivity index (χ0) is 15.2. The SMILES string of the molecule is C#CCCOC(=O)c1ccc(S(=O)(=O)N(C)OC)cc1. The van der Waals surface area contributed by atoms with Gasteiger partial charge in [0.1, 0.15) is 6.61 Å². The van der Waals surface area contributed by atoms with Crippen molar-refractivity contribution < 1.29 is 22.8 Å². The van der Waals surface area contributed by atoms with Gasteiger partial charge in [0, 0.05) is 13.5 Å². The molecule has 20 heavy (non-hydrogen) atoms. The van der Waals surface area contributed by atoms with Crippen LogP contribution in [-0.4, -0.2) is 39.6 Å². The van der Waals surface area contributed by atoms with E-state index in [1.807, 2.05) is 0 Å². The molecule has 0 unspecified atom stereocenters. The highest BCUT2D eigenvalue weighted by atomic mass is 32.2. The van der Waals surface area contributed by atoms with Crippen LogP contribution in [0, 0.1) is 12.3 Å². The fraction of sp³-hybridized carbons (Fsp3) is 0.308. The van der Waals surface area contributed by atoms with Gasteiger partial charge >= 0.3 is 5.97 Å². The molecule has 0 radical (unpaired) electrons. The second kappa shape index (κ2) is 7.05. The lowest BCUT2D eigenvalue weighted by Gasteiger charge is -2.14. The number of esters is 1. The molecule has 1 aromatic carbocycles. The minimum Gasteiger partial charge on any atom is -0.461 e. The summed E-state index contributed by atoms with van der Waals surface area (Å²) in [6, 6.07) is 5.36. The van der Waals surface area contributed by atoms with Crippen molar-refractivity contribution in [2.45, 2.75) is 11.3 Å². The van der Waals surface area contributed by atoms with E-state index in [9.17, 15) is 13.2 Å². The van der Waals surface area contributed by atoms with Gasteiger partial charge < -0.3 is 4.74 Å². The highest BCUT2D eigenvalue weighted by Crippen LogP contribution is 2.15. The summed E-state index contributed by atoms with van der Waals surface area (Å²) in [5, 5.41) is 0. The zero-order valence-electron chi connectivity index (χ0n) is 11.2. The Balaban J connectivity index is 2.84. The normalized spacial score (nSPS) is 11.1. The van der Waals surface area contributed by atoms with Gasteiger partial charge in [-0.25, -0.2) is 13.2 Å². The van der Waals surface area contributed by atoms with Crippen molar-refractivity contribution in [2.24, 2.45) is 0 Å². The summed E-state index contributed by atoms with van der Waals surface area (Å²) < 4.78 is 29.5. The van der Waals surface area contributed by atoms with E-state index in [2.05, 4.69) is 10.8 Å². The molecule has 1 aromatic rings. The lowest BCUT2D eigenvalue weighted by molar-refractivity contribution is -0.0258. The van der Waals surface area contributed by atoms with Gasteiger partial charge in [-0.3, -0.25) is 4.84 Å². The van der Waals surface area contributed by atoms with E-state index in [0.29, 0.717) is 6.42 Å². The first-order valence-corrected chi connectivity index (χ1v) is 7.11. The van der Waals surface area contributed by atoms with Crippen molar-refractivity contribution in [1.29, 1.82) is 0 Å². The number of rotatable bonds is 6. The Bertz CT molecular complexity index is 601. The van der Waals surface area contributed by atoms with Crippen LogP contribution < -0.4 is 0 Å². The standard InChI is InChI=1S/C13H15NO5S/c1-4-5-10-19-13(15)11-6-8-12(9-7-11)20(16,17)14(2)18-3/h1,6-9H,5,10H2,2-3H3. The van der Waals surface area contributed by atoms with E-state index >= 15 is 0 Å². The van der Waals surface area contributed by atoms with Crippen molar-refractivity contribution in [3.8, 4) is 12.3 Å². The molecule has 108 valence electrons. The van der Waals surface area contributed by atoms with Crippen molar-refractivity contribution in [3.63, 3.8) is 0 Å². The van der Waals surface area contributed by atoms with Crippen LogP contribution in [0.25, 0.3) is 0 Å². The quantitative estimate of drug-likeness (QED) is 0.339. The van der Waals surface area contributed by atoms with Gasteiger partial charge in [-0.2, -0.15) is 0 Å². The number of hydroxylamine groups is 1. The third kappa shape index (κ3) is 3.81. The minimum absolute atomic E-state index is 0.0158. The van der Waals surface area contributed by atoms with Crippen LogP contribution in [0.5, 0.6) is 0 Å². The second-order valence-corrected chi connectivity index (χ2v) is 5.65. The Morgan fingerprint density at radius 3 is 2.45 bits per heavy atom. The molecule has 0 atom stereocenters. The third-order valence-corrected chi connectivity index (χ3v) is 4.16. The maximum absolute atomic E-state index is 11.9. The van der Waals surface area contributed by atoms with Crippen LogP contribution in [0.15, 0.2) is 29.2 Å². The molecule has 0 fully saturated rings. The summed E-state index contributed by atoms with van der Waals surface area (Å²) in [6.45, 7) is 0.127. The van der Waals surface area contributed by atoms with Crippen LogP contribution >= 0.6 is 0 Å². The van der Waals surface area contributed by atoms with E-state index in [-0.39, 0.29) is 17.1 Å². The van der Waals surface area contributed by atoms with Gasteiger partial charge in [0.05, 0.1) is 17.6 Å². The predicted molar refractivity (Wildman–Crippen MR) is 72.1 cm³/mol. The number of hydrogen-bond donors (Lipinski definition) is 0. The first-order valence-electron chi connectivity index (χ1n) is 5.67. The van der Waals surface area contributed by atoms with E-state index in [0.717, 1.165) is 4.47 Å². The van der Waals surface area contributed by atoms with E-state index in [4.69, 9.17) is 11.2 Å². The van der Waals surface area contributed by atoms with Gasteiger partial charge in [0.15, 0.2) is 0 Å². The number of sulfonamides is 1. The molecule has 0 aliphatic rings. The van der Waals surface area contributed by atoms with Gasteiger partial charge in [0.25, 0.3) is 10.0 Å². The zero-order valence-corrected chi connectivity index (χ0v) is 12.0. The van der Waals surface area contributed by atoms with Gasteiger partial charge in [-0.1, -0.05) is 4.47 Å². The maximum atomic E-state index is 11.9. The monoisotopic (exact) mass is 297 g/mol. The first kappa shape index (κ1) is 16.2. The number of carbonyl (C=O) groups excluding carboxylic acids is 1. The molecule has 7 heteroatoms. The highest BCUT2D eigenvalue weighted by Gasteiger charge is 2.21. The Hall–Kier alpha value is -1.88. The number of benzene rings is 1. The number of hydrogen-bond acceptors (Lipinski definition) is 5. The smallest absolute Gasteiger partial charge is 0.338 e. The van der Waals surface area contributed by atoms with Crippen LogP contribution in [-0.2, 0) is 19.6 Å². The molecule has 0 bridgehead atoms. The number of carbonyl (C=O) groups is 1. The molecule has 0 aromatic heterocycles. The molecular formula is C13H15NO5S. The Kier molecular flexibility index (Phi) is 5.70. The lowest BCUT2D eigenvalue weighted by atomic mass is 10.2. The lowest BCUT2D eigenvalue weighted by Crippen LogP contribution is -2.25. The molecule has 0 amide bonds. The largest absolute Gasteiger partial charge is 0.461 e. The predicted octanol–water partition coefficient (Wildman–Crippen LogP) is 1.05. The number of ether oxygens (including phenoxy) is 1. The van der Waals surface area contributed by atoms with Gasteiger partial charge in [-0.15, -0.1) is 12.3 Å². The fourth-order valence-corrected chi connectivity index (χ4v) is 2.27. The maximum Gasteiger partial charge on any atom is 0.338 e. The molecule has 1 rings (SSSR count). The molecule has 0 heterocycles. The highest BCUT2D eigenvalue weighted by molar-refractivity contribution is 7.89. The summed E-state index contributed by atoms with van der Waals surface area (Å²) in [6.07, 6.45) is 5.37. The summed E-state index contributed by atoms with van der Waals surface area (Å²) in [7, 11) is -1.20. The molecule has 6 nitrogen and oxygen atoms in total. The Morgan fingerprint density at radius 2 is 1.95 bits per heavy atom. The first-order chi connectivity index (χ1) is 9.43.